The molecule has 0 spiro atoms. The van der Waals surface area contributed by atoms with Crippen LogP contribution in [0.2, 0.25) is 10.0 Å². The second-order valence-electron chi connectivity index (χ2n) is 6.28. The Labute approximate surface area is 169 Å². The highest BCUT2D eigenvalue weighted by Gasteiger charge is 2.21. The van der Waals surface area contributed by atoms with Crippen molar-refractivity contribution >= 4 is 34.8 Å². The van der Waals surface area contributed by atoms with Crippen molar-refractivity contribution in [3.8, 4) is 0 Å². The van der Waals surface area contributed by atoms with E-state index in [0.717, 1.165) is 11.1 Å². The number of hydrogen-bond acceptors (Lipinski definition) is 2. The first-order valence-electron chi connectivity index (χ1n) is 8.60. The van der Waals surface area contributed by atoms with Crippen LogP contribution in [0.1, 0.15) is 17.2 Å². The van der Waals surface area contributed by atoms with Crippen LogP contribution in [-0.2, 0) is 4.79 Å². The smallest absolute Gasteiger partial charge is 0.238 e. The Bertz CT molecular complexity index is 841. The Morgan fingerprint density at radius 2 is 1.33 bits per heavy atom. The number of anilines is 1. The molecule has 0 bridgehead atoms. The minimum atomic E-state index is -0.177. The van der Waals surface area contributed by atoms with Gasteiger partial charge >= 0.3 is 0 Å². The summed E-state index contributed by atoms with van der Waals surface area (Å²) in [6, 6.07) is 25.3. The molecule has 27 heavy (non-hydrogen) atoms. The van der Waals surface area contributed by atoms with E-state index in [0.29, 0.717) is 15.7 Å². The van der Waals surface area contributed by atoms with Crippen LogP contribution in [0.5, 0.6) is 0 Å². The molecular weight excluding hydrogens is 379 g/mol. The molecule has 3 aromatic rings. The van der Waals surface area contributed by atoms with E-state index < -0.39 is 0 Å². The van der Waals surface area contributed by atoms with Crippen LogP contribution >= 0.6 is 23.2 Å². The molecule has 3 aromatic carbocycles. The largest absolute Gasteiger partial charge is 0.322 e. The summed E-state index contributed by atoms with van der Waals surface area (Å²) in [5.41, 5.74) is 2.68. The van der Waals surface area contributed by atoms with E-state index in [1.165, 1.54) is 0 Å². The normalized spacial score (nSPS) is 11.0. The van der Waals surface area contributed by atoms with E-state index in [1.54, 1.807) is 18.2 Å². The highest BCUT2D eigenvalue weighted by atomic mass is 35.5. The highest BCUT2D eigenvalue weighted by molar-refractivity contribution is 6.39. The number of halogens is 2. The molecule has 0 saturated heterocycles. The molecule has 0 atom stereocenters. The summed E-state index contributed by atoms with van der Waals surface area (Å²) in [6.45, 7) is 0.190. The summed E-state index contributed by atoms with van der Waals surface area (Å²) in [5.74, 6) is -0.177. The first-order valence-corrected chi connectivity index (χ1v) is 9.36. The lowest BCUT2D eigenvalue weighted by atomic mass is 9.97. The average Bonchev–Trinajstić information content (AvgIpc) is 2.67. The maximum atomic E-state index is 12.6. The van der Waals surface area contributed by atoms with E-state index in [1.807, 2.05) is 48.3 Å². The van der Waals surface area contributed by atoms with Gasteiger partial charge in [-0.05, 0) is 30.3 Å². The fourth-order valence-corrected chi connectivity index (χ4v) is 3.58. The molecule has 0 aromatic heterocycles. The monoisotopic (exact) mass is 398 g/mol. The van der Waals surface area contributed by atoms with Crippen LogP contribution in [0.4, 0.5) is 5.69 Å². The second kappa shape index (κ2) is 9.05. The van der Waals surface area contributed by atoms with Gasteiger partial charge in [-0.25, -0.2) is 0 Å². The van der Waals surface area contributed by atoms with E-state index in [2.05, 4.69) is 29.6 Å². The number of carbonyl (C=O) groups is 1. The number of carbonyl (C=O) groups excluding carboxylic acids is 1. The summed E-state index contributed by atoms with van der Waals surface area (Å²) in [7, 11) is 1.93. The molecule has 0 radical (unpaired) electrons. The van der Waals surface area contributed by atoms with Gasteiger partial charge < -0.3 is 5.32 Å². The number of benzene rings is 3. The molecule has 0 heterocycles. The zero-order valence-corrected chi connectivity index (χ0v) is 16.4. The zero-order valence-electron chi connectivity index (χ0n) is 14.9. The number of hydrogen-bond donors (Lipinski definition) is 1. The molecule has 0 fully saturated rings. The SMILES string of the molecule is CN(CC(=O)Nc1c(Cl)cccc1Cl)C(c1ccccc1)c1ccccc1. The summed E-state index contributed by atoms with van der Waals surface area (Å²) >= 11 is 12.3. The fraction of sp³-hybridized carbons (Fsp3) is 0.136. The first kappa shape index (κ1) is 19.4. The molecule has 3 nitrogen and oxygen atoms in total. The lowest BCUT2D eigenvalue weighted by molar-refractivity contribution is -0.117. The Hall–Kier alpha value is -2.33. The minimum Gasteiger partial charge on any atom is -0.322 e. The number of likely N-dealkylation sites (N-methyl/N-ethyl adjacent to an activating group) is 1. The highest BCUT2D eigenvalue weighted by Crippen LogP contribution is 2.30. The lowest BCUT2D eigenvalue weighted by Crippen LogP contribution is -2.34. The molecule has 0 unspecified atom stereocenters. The Balaban J connectivity index is 1.80. The van der Waals surface area contributed by atoms with Gasteiger partial charge in [-0.1, -0.05) is 89.9 Å². The van der Waals surface area contributed by atoms with Crippen LogP contribution in [0.25, 0.3) is 0 Å². The van der Waals surface area contributed by atoms with Gasteiger partial charge in [-0.2, -0.15) is 0 Å². The molecule has 0 aliphatic heterocycles. The third-order valence-corrected chi connectivity index (χ3v) is 4.92. The van der Waals surface area contributed by atoms with Gasteiger partial charge in [0, 0.05) is 0 Å². The van der Waals surface area contributed by atoms with E-state index >= 15 is 0 Å². The van der Waals surface area contributed by atoms with Crippen molar-refractivity contribution in [2.45, 2.75) is 6.04 Å². The van der Waals surface area contributed by atoms with Crippen molar-refractivity contribution < 1.29 is 4.79 Å². The van der Waals surface area contributed by atoms with Crippen LogP contribution < -0.4 is 5.32 Å². The van der Waals surface area contributed by atoms with Gasteiger partial charge in [0.15, 0.2) is 0 Å². The zero-order chi connectivity index (χ0) is 19.2. The van der Waals surface area contributed by atoms with E-state index in [4.69, 9.17) is 23.2 Å². The average molecular weight is 399 g/mol. The van der Waals surface area contributed by atoms with Gasteiger partial charge in [0.2, 0.25) is 5.91 Å². The fourth-order valence-electron chi connectivity index (χ4n) is 3.09. The molecule has 138 valence electrons. The van der Waals surface area contributed by atoms with Crippen LogP contribution in [-0.4, -0.2) is 24.4 Å². The predicted molar refractivity (Wildman–Crippen MR) is 112 cm³/mol. The number of nitrogens with zero attached hydrogens (tertiary/aromatic N) is 1. The van der Waals surface area contributed by atoms with Gasteiger partial charge in [0.25, 0.3) is 0 Å². The maximum Gasteiger partial charge on any atom is 0.238 e. The number of para-hydroxylation sites is 1. The summed E-state index contributed by atoms with van der Waals surface area (Å²) in [5, 5.41) is 3.66. The Morgan fingerprint density at radius 1 is 0.852 bits per heavy atom. The van der Waals surface area contributed by atoms with E-state index in [-0.39, 0.29) is 18.5 Å². The molecular formula is C22H20Cl2N2O. The van der Waals surface area contributed by atoms with Crippen molar-refractivity contribution in [1.29, 1.82) is 0 Å². The summed E-state index contributed by atoms with van der Waals surface area (Å²) in [6.07, 6.45) is 0. The standard InChI is InChI=1S/C22H20Cl2N2O/c1-26(15-20(27)25-21-18(23)13-8-14-19(21)24)22(16-9-4-2-5-10-16)17-11-6-3-7-12-17/h2-14,22H,15H2,1H3,(H,25,27). The van der Waals surface area contributed by atoms with Crippen molar-refractivity contribution in [1.82, 2.24) is 4.90 Å². The van der Waals surface area contributed by atoms with Crippen molar-refractivity contribution in [3.63, 3.8) is 0 Å². The third kappa shape index (κ3) is 4.89. The predicted octanol–water partition coefficient (Wildman–Crippen LogP) is 5.65. The summed E-state index contributed by atoms with van der Waals surface area (Å²) in [4.78, 5) is 14.6. The number of nitrogens with one attached hydrogen (secondary N) is 1. The summed E-state index contributed by atoms with van der Waals surface area (Å²) < 4.78 is 0. The van der Waals surface area contributed by atoms with Gasteiger partial charge in [0.1, 0.15) is 0 Å². The van der Waals surface area contributed by atoms with Crippen LogP contribution in [0.15, 0.2) is 78.9 Å². The van der Waals surface area contributed by atoms with Crippen LogP contribution in [0.3, 0.4) is 0 Å². The van der Waals surface area contributed by atoms with Crippen LogP contribution in [0, 0.1) is 0 Å². The first-order chi connectivity index (χ1) is 13.1. The molecule has 1 N–H and O–H groups in total. The van der Waals surface area contributed by atoms with E-state index in [9.17, 15) is 4.79 Å². The number of amides is 1. The maximum absolute atomic E-state index is 12.6. The molecule has 5 heteroatoms. The number of rotatable bonds is 6. The van der Waals surface area contributed by atoms with Crippen molar-refractivity contribution in [2.75, 3.05) is 18.9 Å². The Kier molecular flexibility index (Phi) is 6.51. The molecule has 0 aliphatic carbocycles. The molecule has 1 amide bonds. The third-order valence-electron chi connectivity index (χ3n) is 4.29. The van der Waals surface area contributed by atoms with Crippen molar-refractivity contribution in [2.24, 2.45) is 0 Å². The molecule has 0 saturated carbocycles. The quantitative estimate of drug-likeness (QED) is 0.581. The lowest BCUT2D eigenvalue weighted by Gasteiger charge is -2.28. The van der Waals surface area contributed by atoms with Gasteiger partial charge in [-0.3, -0.25) is 9.69 Å². The van der Waals surface area contributed by atoms with Gasteiger partial charge in [0.05, 0.1) is 28.3 Å². The topological polar surface area (TPSA) is 32.3 Å². The molecule has 0 aliphatic rings. The Morgan fingerprint density at radius 3 is 1.81 bits per heavy atom. The minimum absolute atomic E-state index is 0.0418. The van der Waals surface area contributed by atoms with Crippen molar-refractivity contribution in [3.05, 3.63) is 100 Å². The molecule has 3 rings (SSSR count). The van der Waals surface area contributed by atoms with Gasteiger partial charge in [-0.15, -0.1) is 0 Å². The second-order valence-corrected chi connectivity index (χ2v) is 7.10.